The van der Waals surface area contributed by atoms with Crippen molar-refractivity contribution in [3.8, 4) is 0 Å². The first-order chi connectivity index (χ1) is 11.7. The van der Waals surface area contributed by atoms with Gasteiger partial charge < -0.3 is 10.2 Å². The maximum Gasteiger partial charge on any atom is 0.262 e. The van der Waals surface area contributed by atoms with E-state index in [-0.39, 0.29) is 11.8 Å². The number of anilines is 1. The predicted molar refractivity (Wildman–Crippen MR) is 95.7 cm³/mol. The maximum absolute atomic E-state index is 12.8. The third-order valence-corrected chi connectivity index (χ3v) is 6.46. The van der Waals surface area contributed by atoms with E-state index in [2.05, 4.69) is 5.32 Å². The summed E-state index contributed by atoms with van der Waals surface area (Å²) < 4.78 is 0. The molecule has 1 saturated heterocycles. The predicted octanol–water partition coefficient (Wildman–Crippen LogP) is 3.80. The van der Waals surface area contributed by atoms with Crippen molar-refractivity contribution in [1.29, 1.82) is 0 Å². The van der Waals surface area contributed by atoms with E-state index in [9.17, 15) is 9.59 Å². The van der Waals surface area contributed by atoms with Crippen LogP contribution < -0.4 is 5.32 Å². The molecule has 3 aliphatic rings. The molecule has 1 aliphatic carbocycles. The zero-order valence-electron chi connectivity index (χ0n) is 13.7. The molecule has 0 radical (unpaired) electrons. The van der Waals surface area contributed by atoms with Crippen LogP contribution in [0.3, 0.4) is 0 Å². The lowest BCUT2D eigenvalue weighted by Gasteiger charge is -2.43. The Bertz CT molecular complexity index is 698. The summed E-state index contributed by atoms with van der Waals surface area (Å²) in [7, 11) is 0. The number of thioether (sulfide) groups is 1. The van der Waals surface area contributed by atoms with Gasteiger partial charge in [0.1, 0.15) is 0 Å². The molecule has 24 heavy (non-hydrogen) atoms. The summed E-state index contributed by atoms with van der Waals surface area (Å²) in [5.41, 5.74) is 0.822. The van der Waals surface area contributed by atoms with Gasteiger partial charge in [0.05, 0.1) is 10.6 Å². The van der Waals surface area contributed by atoms with Crippen LogP contribution in [0.15, 0.2) is 40.1 Å². The third-order valence-electron chi connectivity index (χ3n) is 5.36. The Labute approximate surface area is 146 Å². The molecule has 0 aromatic heterocycles. The minimum atomic E-state index is -0.177. The molecule has 2 atom stereocenters. The van der Waals surface area contributed by atoms with Crippen molar-refractivity contribution in [2.45, 2.75) is 49.5 Å². The molecular weight excluding hydrogens is 320 g/mol. The molecule has 1 saturated carbocycles. The first kappa shape index (κ1) is 15.8. The van der Waals surface area contributed by atoms with Crippen molar-refractivity contribution in [3.63, 3.8) is 0 Å². The number of hydrogen-bond donors (Lipinski definition) is 1. The lowest BCUT2D eigenvalue weighted by molar-refractivity contribution is -0.132. The monoisotopic (exact) mass is 342 g/mol. The lowest BCUT2D eigenvalue weighted by atomic mass is 9.78. The fourth-order valence-electron chi connectivity index (χ4n) is 4.20. The first-order valence-electron chi connectivity index (χ1n) is 8.83. The minimum Gasteiger partial charge on any atom is -0.336 e. The molecule has 2 unspecified atom stereocenters. The Morgan fingerprint density at radius 2 is 1.96 bits per heavy atom. The molecule has 1 N–H and O–H groups in total. The van der Waals surface area contributed by atoms with Crippen LogP contribution in [0.1, 0.15) is 38.5 Å². The quantitative estimate of drug-likeness (QED) is 0.790. The number of nitrogens with one attached hydrogen (secondary N) is 1. The van der Waals surface area contributed by atoms with Gasteiger partial charge in [-0.3, -0.25) is 9.59 Å². The Morgan fingerprint density at radius 1 is 1.17 bits per heavy atom. The van der Waals surface area contributed by atoms with Crippen LogP contribution in [0.4, 0.5) is 5.69 Å². The second-order valence-electron chi connectivity index (χ2n) is 6.85. The second kappa shape index (κ2) is 6.63. The number of carbonyl (C=O) groups is 2. The van der Waals surface area contributed by atoms with Crippen LogP contribution in [0.2, 0.25) is 0 Å². The smallest absolute Gasteiger partial charge is 0.262 e. The van der Waals surface area contributed by atoms with Gasteiger partial charge in [-0.05, 0) is 43.7 Å². The topological polar surface area (TPSA) is 49.4 Å². The number of amides is 2. The number of likely N-dealkylation sites (tertiary alicyclic amines) is 1. The van der Waals surface area contributed by atoms with Crippen molar-refractivity contribution in [2.24, 2.45) is 5.92 Å². The standard InChI is InChI=1S/C19H22N2O2S/c22-18(21-11-5-7-13-6-1-3-9-15(13)21)12-17-19(23)20-14-8-2-4-10-16(14)24-17/h2,4,8,10,12-13,15H,1,3,5-7,9,11H2,(H,20,23). The summed E-state index contributed by atoms with van der Waals surface area (Å²) >= 11 is 1.39. The van der Waals surface area contributed by atoms with Crippen molar-refractivity contribution in [2.75, 3.05) is 11.9 Å². The van der Waals surface area contributed by atoms with Crippen LogP contribution in [0.5, 0.6) is 0 Å². The van der Waals surface area contributed by atoms with Gasteiger partial charge in [-0.15, -0.1) is 0 Å². The van der Waals surface area contributed by atoms with Crippen LogP contribution in [0, 0.1) is 5.92 Å². The molecule has 0 spiro atoms. The number of benzene rings is 1. The Kier molecular flexibility index (Phi) is 4.35. The van der Waals surface area contributed by atoms with Crippen molar-refractivity contribution in [1.82, 2.24) is 4.90 Å². The van der Waals surface area contributed by atoms with Crippen molar-refractivity contribution in [3.05, 3.63) is 35.2 Å². The SMILES string of the molecule is O=C1Nc2ccccc2SC1=CC(=O)N1CCCC2CCCCC21. The van der Waals surface area contributed by atoms with Crippen LogP contribution >= 0.6 is 11.8 Å². The van der Waals surface area contributed by atoms with Gasteiger partial charge in [0.2, 0.25) is 5.91 Å². The Hall–Kier alpha value is -1.75. The summed E-state index contributed by atoms with van der Waals surface area (Å²) in [5.74, 6) is 0.483. The molecule has 2 amide bonds. The number of fused-ring (bicyclic) bond motifs is 2. The maximum atomic E-state index is 12.8. The van der Waals surface area contributed by atoms with Gasteiger partial charge >= 0.3 is 0 Å². The molecule has 5 heteroatoms. The van der Waals surface area contributed by atoms with Gasteiger partial charge in [0.25, 0.3) is 5.91 Å². The van der Waals surface area contributed by atoms with Gasteiger partial charge in [-0.1, -0.05) is 36.7 Å². The van der Waals surface area contributed by atoms with E-state index < -0.39 is 0 Å². The van der Waals surface area contributed by atoms with E-state index in [0.29, 0.717) is 16.9 Å². The van der Waals surface area contributed by atoms with E-state index in [1.165, 1.54) is 37.4 Å². The fourth-order valence-corrected chi connectivity index (χ4v) is 5.11. The lowest BCUT2D eigenvalue weighted by Crippen LogP contribution is -2.49. The van der Waals surface area contributed by atoms with Crippen molar-refractivity contribution >= 4 is 29.3 Å². The molecule has 2 heterocycles. The van der Waals surface area contributed by atoms with E-state index in [1.54, 1.807) is 6.08 Å². The molecule has 4 rings (SSSR count). The van der Waals surface area contributed by atoms with E-state index in [0.717, 1.165) is 30.0 Å². The number of para-hydroxylation sites is 1. The summed E-state index contributed by atoms with van der Waals surface area (Å²) in [4.78, 5) is 28.6. The third kappa shape index (κ3) is 2.97. The summed E-state index contributed by atoms with van der Waals surface area (Å²) in [5, 5.41) is 2.88. The molecule has 0 bridgehead atoms. The highest BCUT2D eigenvalue weighted by atomic mass is 32.2. The highest BCUT2D eigenvalue weighted by Gasteiger charge is 2.35. The molecule has 2 aliphatic heterocycles. The van der Waals surface area contributed by atoms with Crippen LogP contribution in [-0.2, 0) is 9.59 Å². The number of rotatable bonds is 1. The highest BCUT2D eigenvalue weighted by Crippen LogP contribution is 2.39. The summed E-state index contributed by atoms with van der Waals surface area (Å²) in [6.45, 7) is 0.826. The average Bonchev–Trinajstić information content (AvgIpc) is 2.62. The molecule has 2 fully saturated rings. The number of carbonyl (C=O) groups excluding carboxylic acids is 2. The number of piperidine rings is 1. The normalized spacial score (nSPS) is 28.1. The zero-order chi connectivity index (χ0) is 16.5. The number of hydrogen-bond acceptors (Lipinski definition) is 3. The van der Waals surface area contributed by atoms with E-state index >= 15 is 0 Å². The molecule has 1 aromatic rings. The highest BCUT2D eigenvalue weighted by molar-refractivity contribution is 8.04. The Morgan fingerprint density at radius 3 is 2.88 bits per heavy atom. The molecule has 4 nitrogen and oxygen atoms in total. The second-order valence-corrected chi connectivity index (χ2v) is 7.93. The van der Waals surface area contributed by atoms with Gasteiger partial charge in [-0.25, -0.2) is 0 Å². The van der Waals surface area contributed by atoms with Gasteiger partial charge in [0.15, 0.2) is 0 Å². The average molecular weight is 342 g/mol. The van der Waals surface area contributed by atoms with Crippen LogP contribution in [-0.4, -0.2) is 29.3 Å². The van der Waals surface area contributed by atoms with Gasteiger partial charge in [0, 0.05) is 23.6 Å². The van der Waals surface area contributed by atoms with E-state index in [1.807, 2.05) is 29.2 Å². The fraction of sp³-hybridized carbons (Fsp3) is 0.474. The zero-order valence-corrected chi connectivity index (χ0v) is 14.5. The van der Waals surface area contributed by atoms with Gasteiger partial charge in [-0.2, -0.15) is 0 Å². The first-order valence-corrected chi connectivity index (χ1v) is 9.64. The molecule has 126 valence electrons. The Balaban J connectivity index is 1.54. The van der Waals surface area contributed by atoms with Crippen LogP contribution in [0.25, 0.3) is 0 Å². The summed E-state index contributed by atoms with van der Waals surface area (Å²) in [6.07, 6.45) is 8.73. The van der Waals surface area contributed by atoms with E-state index in [4.69, 9.17) is 0 Å². The molecule has 1 aromatic carbocycles. The van der Waals surface area contributed by atoms with Crippen molar-refractivity contribution < 1.29 is 9.59 Å². The molecular formula is C19H22N2O2S. The largest absolute Gasteiger partial charge is 0.336 e. The minimum absolute atomic E-state index is 0.00336. The summed E-state index contributed by atoms with van der Waals surface area (Å²) in [6, 6.07) is 8.07. The number of nitrogens with zero attached hydrogens (tertiary/aromatic N) is 1.